The Morgan fingerprint density at radius 1 is 1.06 bits per heavy atom. The Morgan fingerprint density at radius 2 is 1.94 bits per heavy atom. The SMILES string of the molecule is O=[N+]([O-])c1ccc2nc(Sc3cc(-c4nn[nH]n4)ccc3Oc3ccccc3)sc2c1. The first-order valence-corrected chi connectivity index (χ1v) is 10.6. The molecule has 0 saturated carbocycles. The zero-order valence-electron chi connectivity index (χ0n) is 15.6. The van der Waals surface area contributed by atoms with Gasteiger partial charge >= 0.3 is 0 Å². The Hall–Kier alpha value is -3.83. The Bertz CT molecular complexity index is 1370. The van der Waals surface area contributed by atoms with Crippen LogP contribution in [0.25, 0.3) is 21.6 Å². The average molecular weight is 448 g/mol. The highest BCUT2D eigenvalue weighted by Gasteiger charge is 2.15. The quantitative estimate of drug-likeness (QED) is 0.273. The highest BCUT2D eigenvalue weighted by Crippen LogP contribution is 2.42. The van der Waals surface area contributed by atoms with E-state index in [1.807, 2.05) is 48.5 Å². The van der Waals surface area contributed by atoms with Crippen molar-refractivity contribution in [3.05, 3.63) is 76.8 Å². The van der Waals surface area contributed by atoms with Crippen LogP contribution in [-0.4, -0.2) is 30.5 Å². The molecule has 0 aliphatic carbocycles. The van der Waals surface area contributed by atoms with Gasteiger partial charge in [-0.3, -0.25) is 10.1 Å². The number of nitrogens with one attached hydrogen (secondary N) is 1. The van der Waals surface area contributed by atoms with Crippen LogP contribution in [0.15, 0.2) is 76.0 Å². The summed E-state index contributed by atoms with van der Waals surface area (Å²) in [4.78, 5) is 16.1. The van der Waals surface area contributed by atoms with Crippen molar-refractivity contribution in [2.24, 2.45) is 0 Å². The van der Waals surface area contributed by atoms with Crippen LogP contribution in [0, 0.1) is 10.1 Å². The first-order chi connectivity index (χ1) is 15.2. The monoisotopic (exact) mass is 448 g/mol. The van der Waals surface area contributed by atoms with E-state index in [-0.39, 0.29) is 5.69 Å². The molecule has 1 N–H and O–H groups in total. The van der Waals surface area contributed by atoms with E-state index in [9.17, 15) is 10.1 Å². The molecule has 0 unspecified atom stereocenters. The van der Waals surface area contributed by atoms with Crippen molar-refractivity contribution in [2.75, 3.05) is 0 Å². The molecule has 0 aliphatic heterocycles. The summed E-state index contributed by atoms with van der Waals surface area (Å²) in [5.41, 5.74) is 1.52. The second-order valence-electron chi connectivity index (χ2n) is 6.30. The molecule has 152 valence electrons. The molecular weight excluding hydrogens is 436 g/mol. The molecular formula is C20H12N6O3S2. The van der Waals surface area contributed by atoms with Crippen molar-refractivity contribution in [3.63, 3.8) is 0 Å². The van der Waals surface area contributed by atoms with Gasteiger partial charge in [0, 0.05) is 17.7 Å². The summed E-state index contributed by atoms with van der Waals surface area (Å²) in [7, 11) is 0. The summed E-state index contributed by atoms with van der Waals surface area (Å²) in [5.74, 6) is 1.82. The van der Waals surface area contributed by atoms with Crippen LogP contribution in [-0.2, 0) is 0 Å². The maximum Gasteiger partial charge on any atom is 0.270 e. The number of para-hydroxylation sites is 1. The molecule has 0 fully saturated rings. The first kappa shape index (κ1) is 19.2. The van der Waals surface area contributed by atoms with Gasteiger partial charge in [-0.1, -0.05) is 30.0 Å². The van der Waals surface area contributed by atoms with E-state index in [1.165, 1.54) is 35.2 Å². The number of aromatic nitrogens is 5. The first-order valence-electron chi connectivity index (χ1n) is 8.99. The second kappa shape index (κ2) is 8.13. The standard InChI is InChI=1S/C20H12N6O3S2/c27-26(28)13-7-8-15-17(11-13)30-20(21-15)31-18-10-12(19-22-24-25-23-19)6-9-16(18)29-14-4-2-1-3-5-14/h1-11H,(H,22,23,24,25). The van der Waals surface area contributed by atoms with Gasteiger partial charge in [-0.2, -0.15) is 5.21 Å². The zero-order chi connectivity index (χ0) is 21.2. The van der Waals surface area contributed by atoms with Crippen LogP contribution in [0.4, 0.5) is 5.69 Å². The molecule has 3 aromatic carbocycles. The molecule has 5 aromatic rings. The molecule has 5 rings (SSSR count). The average Bonchev–Trinajstić information content (AvgIpc) is 3.45. The molecule has 11 heteroatoms. The Morgan fingerprint density at radius 3 is 2.71 bits per heavy atom. The number of non-ortho nitro benzene ring substituents is 1. The lowest BCUT2D eigenvalue weighted by Gasteiger charge is -2.11. The van der Waals surface area contributed by atoms with E-state index >= 15 is 0 Å². The number of nitrogens with zero attached hydrogens (tertiary/aromatic N) is 5. The van der Waals surface area contributed by atoms with Gasteiger partial charge in [0.2, 0.25) is 5.82 Å². The van der Waals surface area contributed by atoms with E-state index in [0.29, 0.717) is 22.8 Å². The maximum atomic E-state index is 11.1. The Labute approximate surface area is 183 Å². The van der Waals surface area contributed by atoms with Gasteiger partial charge in [-0.25, -0.2) is 4.98 Å². The fraction of sp³-hybridized carbons (Fsp3) is 0. The summed E-state index contributed by atoms with van der Waals surface area (Å²) in [6.45, 7) is 0. The minimum Gasteiger partial charge on any atom is -0.456 e. The molecule has 0 saturated heterocycles. The molecule has 0 atom stereocenters. The maximum absolute atomic E-state index is 11.1. The Kier molecular flexibility index (Phi) is 5.02. The lowest BCUT2D eigenvalue weighted by molar-refractivity contribution is -0.384. The van der Waals surface area contributed by atoms with Crippen LogP contribution >= 0.6 is 23.1 Å². The number of thiazole rings is 1. The summed E-state index contributed by atoms with van der Waals surface area (Å²) in [6.07, 6.45) is 0. The van der Waals surface area contributed by atoms with E-state index < -0.39 is 4.92 Å². The zero-order valence-corrected chi connectivity index (χ0v) is 17.3. The van der Waals surface area contributed by atoms with E-state index in [0.717, 1.165) is 19.5 Å². The summed E-state index contributed by atoms with van der Waals surface area (Å²) in [5, 5.41) is 25.2. The van der Waals surface area contributed by atoms with Crippen LogP contribution in [0.3, 0.4) is 0 Å². The third kappa shape index (κ3) is 4.09. The van der Waals surface area contributed by atoms with Gasteiger partial charge < -0.3 is 4.74 Å². The van der Waals surface area contributed by atoms with Gasteiger partial charge in [0.25, 0.3) is 5.69 Å². The molecule has 9 nitrogen and oxygen atoms in total. The predicted molar refractivity (Wildman–Crippen MR) is 117 cm³/mol. The van der Waals surface area contributed by atoms with Gasteiger partial charge in [0.1, 0.15) is 11.5 Å². The number of aromatic amines is 1. The van der Waals surface area contributed by atoms with Gasteiger partial charge in [-0.15, -0.1) is 21.5 Å². The summed E-state index contributed by atoms with van der Waals surface area (Å²) < 4.78 is 7.56. The number of nitro benzene ring substituents is 1. The van der Waals surface area contributed by atoms with Crippen LogP contribution in [0.2, 0.25) is 0 Å². The highest BCUT2D eigenvalue weighted by atomic mass is 32.2. The summed E-state index contributed by atoms with van der Waals surface area (Å²) >= 11 is 2.80. The second-order valence-corrected chi connectivity index (χ2v) is 8.62. The molecule has 0 amide bonds. The number of hydrogen-bond acceptors (Lipinski definition) is 9. The lowest BCUT2D eigenvalue weighted by atomic mass is 10.2. The number of fused-ring (bicyclic) bond motifs is 1. The number of rotatable bonds is 6. The number of hydrogen-bond donors (Lipinski definition) is 1. The smallest absolute Gasteiger partial charge is 0.270 e. The van der Waals surface area contributed by atoms with Crippen molar-refractivity contribution >= 4 is 39.0 Å². The normalized spacial score (nSPS) is 11.0. The minimum absolute atomic E-state index is 0.0416. The third-order valence-electron chi connectivity index (χ3n) is 4.28. The minimum atomic E-state index is -0.411. The van der Waals surface area contributed by atoms with Gasteiger partial charge in [-0.05, 0) is 41.6 Å². The number of tetrazole rings is 1. The van der Waals surface area contributed by atoms with E-state index in [4.69, 9.17) is 4.74 Å². The van der Waals surface area contributed by atoms with Crippen molar-refractivity contribution in [1.29, 1.82) is 0 Å². The lowest BCUT2D eigenvalue weighted by Crippen LogP contribution is -1.89. The molecule has 0 bridgehead atoms. The van der Waals surface area contributed by atoms with Crippen molar-refractivity contribution in [1.82, 2.24) is 25.6 Å². The number of ether oxygens (including phenoxy) is 1. The van der Waals surface area contributed by atoms with Crippen molar-refractivity contribution in [2.45, 2.75) is 9.24 Å². The summed E-state index contributed by atoms with van der Waals surface area (Å²) in [6, 6.07) is 19.7. The third-order valence-corrected chi connectivity index (χ3v) is 6.40. The van der Waals surface area contributed by atoms with Crippen LogP contribution in [0.1, 0.15) is 0 Å². The number of nitro groups is 1. The van der Waals surface area contributed by atoms with Gasteiger partial charge in [0.15, 0.2) is 4.34 Å². The van der Waals surface area contributed by atoms with Gasteiger partial charge in [0.05, 0.1) is 20.0 Å². The number of H-pyrrole nitrogens is 1. The largest absolute Gasteiger partial charge is 0.456 e. The van der Waals surface area contributed by atoms with Crippen LogP contribution < -0.4 is 4.74 Å². The predicted octanol–water partition coefficient (Wildman–Crippen LogP) is 5.33. The molecule has 31 heavy (non-hydrogen) atoms. The van der Waals surface area contributed by atoms with E-state index in [2.05, 4.69) is 25.6 Å². The molecule has 0 spiro atoms. The molecule has 0 radical (unpaired) electrons. The number of benzene rings is 3. The van der Waals surface area contributed by atoms with E-state index in [1.54, 1.807) is 6.07 Å². The van der Waals surface area contributed by atoms with Crippen molar-refractivity contribution in [3.8, 4) is 22.9 Å². The molecule has 0 aliphatic rings. The van der Waals surface area contributed by atoms with Crippen LogP contribution in [0.5, 0.6) is 11.5 Å². The topological polar surface area (TPSA) is 120 Å². The molecule has 2 heterocycles. The highest BCUT2D eigenvalue weighted by molar-refractivity contribution is 8.01. The van der Waals surface area contributed by atoms with Crippen molar-refractivity contribution < 1.29 is 9.66 Å². The molecule has 2 aromatic heterocycles. The Balaban J connectivity index is 1.53. The fourth-order valence-corrected chi connectivity index (χ4v) is 5.02. The fourth-order valence-electron chi connectivity index (χ4n) is 2.85.